The molecule has 0 saturated carbocycles. The standard InChI is InChI=1S/C17H25BrN2O3.ClH/c1-3-5-23-17-14(18)6-12(7-16(17)22-4-2)8-19-9-13-10-20-11-15(13)21;/h3,6-7,13,15,19-21H,1,4-5,8-11H2,2H3;1H. The molecule has 2 rings (SSSR count). The van der Waals surface area contributed by atoms with Crippen molar-refractivity contribution in [2.75, 3.05) is 32.8 Å². The first-order valence-electron chi connectivity index (χ1n) is 7.94. The summed E-state index contributed by atoms with van der Waals surface area (Å²) in [5, 5.41) is 16.4. The van der Waals surface area contributed by atoms with Gasteiger partial charge in [-0.2, -0.15) is 0 Å². The topological polar surface area (TPSA) is 62.8 Å². The molecule has 1 aliphatic rings. The van der Waals surface area contributed by atoms with Crippen molar-refractivity contribution >= 4 is 28.3 Å². The van der Waals surface area contributed by atoms with Gasteiger partial charge < -0.3 is 25.2 Å². The number of hydrogen-bond donors (Lipinski definition) is 3. The maximum absolute atomic E-state index is 9.81. The maximum atomic E-state index is 9.81. The van der Waals surface area contributed by atoms with E-state index in [1.165, 1.54) is 0 Å². The molecule has 24 heavy (non-hydrogen) atoms. The van der Waals surface area contributed by atoms with Crippen LogP contribution in [-0.2, 0) is 6.54 Å². The lowest BCUT2D eigenvalue weighted by molar-refractivity contribution is 0.146. The zero-order chi connectivity index (χ0) is 16.7. The van der Waals surface area contributed by atoms with Crippen LogP contribution in [0.2, 0.25) is 0 Å². The smallest absolute Gasteiger partial charge is 0.175 e. The highest BCUT2D eigenvalue weighted by Crippen LogP contribution is 2.37. The van der Waals surface area contributed by atoms with Gasteiger partial charge in [-0.1, -0.05) is 12.7 Å². The van der Waals surface area contributed by atoms with Gasteiger partial charge >= 0.3 is 0 Å². The monoisotopic (exact) mass is 420 g/mol. The second kappa shape index (κ2) is 10.9. The molecule has 2 atom stereocenters. The number of hydrogen-bond acceptors (Lipinski definition) is 5. The van der Waals surface area contributed by atoms with Gasteiger partial charge in [0.1, 0.15) is 6.61 Å². The third-order valence-electron chi connectivity index (χ3n) is 3.75. The Morgan fingerprint density at radius 3 is 2.83 bits per heavy atom. The van der Waals surface area contributed by atoms with E-state index in [1.54, 1.807) is 6.08 Å². The fourth-order valence-electron chi connectivity index (χ4n) is 2.60. The van der Waals surface area contributed by atoms with E-state index in [1.807, 2.05) is 19.1 Å². The van der Waals surface area contributed by atoms with Gasteiger partial charge in [0.15, 0.2) is 11.5 Å². The maximum Gasteiger partial charge on any atom is 0.175 e. The Hall–Kier alpha value is -0.790. The van der Waals surface area contributed by atoms with Crippen molar-refractivity contribution in [3.05, 3.63) is 34.8 Å². The molecule has 1 aromatic carbocycles. The number of aliphatic hydroxyl groups excluding tert-OH is 1. The molecule has 0 amide bonds. The van der Waals surface area contributed by atoms with Crippen molar-refractivity contribution in [3.8, 4) is 11.5 Å². The van der Waals surface area contributed by atoms with Gasteiger partial charge in [-0.25, -0.2) is 0 Å². The molecule has 1 fully saturated rings. The summed E-state index contributed by atoms with van der Waals surface area (Å²) >= 11 is 3.55. The minimum Gasteiger partial charge on any atom is -0.490 e. The Morgan fingerprint density at radius 1 is 1.42 bits per heavy atom. The molecule has 7 heteroatoms. The number of aliphatic hydroxyl groups is 1. The lowest BCUT2D eigenvalue weighted by atomic mass is 10.1. The highest BCUT2D eigenvalue weighted by molar-refractivity contribution is 9.10. The molecular formula is C17H26BrClN2O3. The van der Waals surface area contributed by atoms with Crippen LogP contribution in [0, 0.1) is 5.92 Å². The molecule has 1 saturated heterocycles. The molecule has 5 nitrogen and oxygen atoms in total. The SMILES string of the molecule is C=CCOc1c(Br)cc(CNCC2CNCC2O)cc1OCC.Cl. The minimum atomic E-state index is -0.261. The second-order valence-electron chi connectivity index (χ2n) is 5.55. The summed E-state index contributed by atoms with van der Waals surface area (Å²) in [6.45, 7) is 9.66. The summed E-state index contributed by atoms with van der Waals surface area (Å²) in [7, 11) is 0. The predicted octanol–water partition coefficient (Wildman–Crippen LogP) is 2.50. The van der Waals surface area contributed by atoms with Crippen LogP contribution in [0.25, 0.3) is 0 Å². The van der Waals surface area contributed by atoms with E-state index in [0.29, 0.717) is 32.1 Å². The zero-order valence-electron chi connectivity index (χ0n) is 13.9. The largest absolute Gasteiger partial charge is 0.490 e. The molecule has 0 spiro atoms. The van der Waals surface area contributed by atoms with E-state index >= 15 is 0 Å². The van der Waals surface area contributed by atoms with Gasteiger partial charge in [0.25, 0.3) is 0 Å². The van der Waals surface area contributed by atoms with E-state index in [-0.39, 0.29) is 24.4 Å². The summed E-state index contributed by atoms with van der Waals surface area (Å²) in [5.74, 6) is 1.69. The van der Waals surface area contributed by atoms with Crippen molar-refractivity contribution < 1.29 is 14.6 Å². The highest BCUT2D eigenvalue weighted by atomic mass is 79.9. The number of benzene rings is 1. The molecule has 0 aromatic heterocycles. The van der Waals surface area contributed by atoms with E-state index in [0.717, 1.165) is 28.9 Å². The van der Waals surface area contributed by atoms with Gasteiger partial charge in [-0.05, 0) is 40.5 Å². The molecule has 0 radical (unpaired) electrons. The Kier molecular flexibility index (Phi) is 9.69. The molecule has 2 unspecified atom stereocenters. The van der Waals surface area contributed by atoms with Crippen LogP contribution >= 0.6 is 28.3 Å². The minimum absolute atomic E-state index is 0. The van der Waals surface area contributed by atoms with Crippen LogP contribution in [0.4, 0.5) is 0 Å². The number of rotatable bonds is 9. The van der Waals surface area contributed by atoms with Gasteiger partial charge in [0.05, 0.1) is 17.2 Å². The Balaban J connectivity index is 0.00000288. The molecule has 1 heterocycles. The average Bonchev–Trinajstić information content (AvgIpc) is 2.92. The van der Waals surface area contributed by atoms with Crippen LogP contribution < -0.4 is 20.1 Å². The van der Waals surface area contributed by atoms with Crippen molar-refractivity contribution in [1.29, 1.82) is 0 Å². The van der Waals surface area contributed by atoms with E-state index in [2.05, 4.69) is 33.1 Å². The summed E-state index contributed by atoms with van der Waals surface area (Å²) in [5.41, 5.74) is 1.10. The molecular weight excluding hydrogens is 396 g/mol. The van der Waals surface area contributed by atoms with Crippen molar-refractivity contribution in [2.45, 2.75) is 19.6 Å². The Morgan fingerprint density at radius 2 is 2.21 bits per heavy atom. The third kappa shape index (κ3) is 5.93. The van der Waals surface area contributed by atoms with Gasteiger partial charge in [-0.3, -0.25) is 0 Å². The summed E-state index contributed by atoms with van der Waals surface area (Å²) in [6.07, 6.45) is 1.45. The van der Waals surface area contributed by atoms with Gasteiger partial charge in [0, 0.05) is 32.1 Å². The molecule has 1 aromatic rings. The molecule has 3 N–H and O–H groups in total. The second-order valence-corrected chi connectivity index (χ2v) is 6.41. The molecule has 0 bridgehead atoms. The fraction of sp³-hybridized carbons (Fsp3) is 0.529. The van der Waals surface area contributed by atoms with Crippen LogP contribution in [-0.4, -0.2) is 44.1 Å². The van der Waals surface area contributed by atoms with Gasteiger partial charge in [0.2, 0.25) is 0 Å². The number of halogens is 2. The summed E-state index contributed by atoms with van der Waals surface area (Å²) in [4.78, 5) is 0. The summed E-state index contributed by atoms with van der Waals surface area (Å²) < 4.78 is 12.2. The Bertz CT molecular complexity index is 531. The van der Waals surface area contributed by atoms with Crippen molar-refractivity contribution in [3.63, 3.8) is 0 Å². The van der Waals surface area contributed by atoms with Crippen LogP contribution in [0.15, 0.2) is 29.3 Å². The van der Waals surface area contributed by atoms with Crippen molar-refractivity contribution in [1.82, 2.24) is 10.6 Å². The van der Waals surface area contributed by atoms with Crippen LogP contribution in [0.1, 0.15) is 12.5 Å². The zero-order valence-corrected chi connectivity index (χ0v) is 16.3. The fourth-order valence-corrected chi connectivity index (χ4v) is 3.20. The molecule has 136 valence electrons. The first-order chi connectivity index (χ1) is 11.2. The van der Waals surface area contributed by atoms with Crippen LogP contribution in [0.3, 0.4) is 0 Å². The first-order valence-corrected chi connectivity index (χ1v) is 8.73. The molecule has 0 aliphatic carbocycles. The van der Waals surface area contributed by atoms with Gasteiger partial charge in [-0.15, -0.1) is 12.4 Å². The number of nitrogens with one attached hydrogen (secondary N) is 2. The lowest BCUT2D eigenvalue weighted by Crippen LogP contribution is -2.30. The quantitative estimate of drug-likeness (QED) is 0.535. The van der Waals surface area contributed by atoms with Crippen molar-refractivity contribution in [2.24, 2.45) is 5.92 Å². The normalized spacial score (nSPS) is 19.6. The summed E-state index contributed by atoms with van der Waals surface area (Å²) in [6, 6.07) is 4.01. The van der Waals surface area contributed by atoms with E-state index in [9.17, 15) is 5.11 Å². The number of ether oxygens (including phenoxy) is 2. The van der Waals surface area contributed by atoms with Crippen LogP contribution in [0.5, 0.6) is 11.5 Å². The molecule has 1 aliphatic heterocycles. The highest BCUT2D eigenvalue weighted by Gasteiger charge is 2.24. The first kappa shape index (κ1) is 21.3. The predicted molar refractivity (Wildman–Crippen MR) is 102 cm³/mol. The number of β-amino-alcohol motifs (C(OH)–C–C–N with tert-alkyl or cyclic N) is 1. The Labute approximate surface area is 158 Å². The van der Waals surface area contributed by atoms with E-state index < -0.39 is 0 Å². The third-order valence-corrected chi connectivity index (χ3v) is 4.34. The lowest BCUT2D eigenvalue weighted by Gasteiger charge is -2.17. The average molecular weight is 422 g/mol. The van der Waals surface area contributed by atoms with E-state index in [4.69, 9.17) is 9.47 Å².